The van der Waals surface area contributed by atoms with Gasteiger partial charge in [0.25, 0.3) is 0 Å². The van der Waals surface area contributed by atoms with Crippen molar-refractivity contribution in [2.75, 3.05) is 24.9 Å². The zero-order valence-electron chi connectivity index (χ0n) is 14.5. The van der Waals surface area contributed by atoms with E-state index in [1.165, 1.54) is 28.0 Å². The molecule has 2 aromatic rings. The van der Waals surface area contributed by atoms with Gasteiger partial charge in [-0.2, -0.15) is 4.31 Å². The number of amides is 1. The highest BCUT2D eigenvalue weighted by atomic mass is 32.2. The van der Waals surface area contributed by atoms with Crippen LogP contribution in [0.2, 0.25) is 0 Å². The number of nitrogens with zero attached hydrogens (tertiary/aromatic N) is 2. The van der Waals surface area contributed by atoms with Gasteiger partial charge in [0, 0.05) is 30.5 Å². The first-order valence-corrected chi connectivity index (χ1v) is 10.9. The summed E-state index contributed by atoms with van der Waals surface area (Å²) in [5, 5.41) is 3.20. The number of hydrogen-bond donors (Lipinski definition) is 1. The van der Waals surface area contributed by atoms with Crippen molar-refractivity contribution in [2.45, 2.75) is 13.0 Å². The van der Waals surface area contributed by atoms with Crippen LogP contribution in [-0.4, -0.2) is 43.2 Å². The highest BCUT2D eigenvalue weighted by Crippen LogP contribution is 2.33. The predicted molar refractivity (Wildman–Crippen MR) is 101 cm³/mol. The molecule has 1 amide bonds. The molecular formula is C17H17N3O5S2. The monoisotopic (exact) mass is 407 g/mol. The molecule has 2 aliphatic heterocycles. The lowest BCUT2D eigenvalue weighted by Crippen LogP contribution is -2.34. The lowest BCUT2D eigenvalue weighted by atomic mass is 10.2. The first kappa shape index (κ1) is 18.0. The van der Waals surface area contributed by atoms with Gasteiger partial charge in [-0.05, 0) is 23.8 Å². The molecule has 0 fully saturated rings. The van der Waals surface area contributed by atoms with Crippen molar-refractivity contribution in [2.24, 2.45) is 0 Å². The molecule has 0 saturated heterocycles. The van der Waals surface area contributed by atoms with Crippen molar-refractivity contribution in [1.29, 1.82) is 0 Å². The molecule has 0 radical (unpaired) electrons. The predicted octanol–water partition coefficient (Wildman–Crippen LogP) is 1.84. The Morgan fingerprint density at radius 1 is 1.33 bits per heavy atom. The molecule has 0 aliphatic carbocycles. The van der Waals surface area contributed by atoms with Gasteiger partial charge in [-0.15, -0.1) is 11.3 Å². The number of fused-ring (bicyclic) bond motifs is 2. The first-order chi connectivity index (χ1) is 12.9. The summed E-state index contributed by atoms with van der Waals surface area (Å²) in [7, 11) is -3.23. The molecule has 0 spiro atoms. The summed E-state index contributed by atoms with van der Waals surface area (Å²) < 4.78 is 35.3. The Balaban J connectivity index is 1.41. The van der Waals surface area contributed by atoms with Gasteiger partial charge in [-0.3, -0.25) is 10.1 Å². The number of benzene rings is 1. The molecule has 1 aromatic carbocycles. The molecule has 0 bridgehead atoms. The minimum absolute atomic E-state index is 0.203. The Morgan fingerprint density at radius 2 is 2.15 bits per heavy atom. The topological polar surface area (TPSA) is 97.8 Å². The number of ether oxygens (including phenoxy) is 2. The normalized spacial score (nSPS) is 16.5. The van der Waals surface area contributed by atoms with Crippen LogP contribution >= 0.6 is 11.3 Å². The van der Waals surface area contributed by atoms with Crippen LogP contribution in [0.3, 0.4) is 0 Å². The zero-order valence-corrected chi connectivity index (χ0v) is 16.1. The molecule has 10 heteroatoms. The number of nitrogens with one attached hydrogen (secondary N) is 1. The average molecular weight is 407 g/mol. The molecule has 1 aromatic heterocycles. The van der Waals surface area contributed by atoms with Crippen molar-refractivity contribution in [3.63, 3.8) is 0 Å². The van der Waals surface area contributed by atoms with Gasteiger partial charge in [0.15, 0.2) is 16.6 Å². The summed E-state index contributed by atoms with van der Waals surface area (Å²) in [4.78, 5) is 17.4. The van der Waals surface area contributed by atoms with E-state index >= 15 is 0 Å². The minimum atomic E-state index is -3.23. The summed E-state index contributed by atoms with van der Waals surface area (Å²) in [6, 6.07) is 5.43. The fourth-order valence-electron chi connectivity index (χ4n) is 2.84. The van der Waals surface area contributed by atoms with Gasteiger partial charge in [-0.25, -0.2) is 13.4 Å². The number of sulfonamides is 1. The number of aromatic nitrogens is 1. The molecule has 3 heterocycles. The van der Waals surface area contributed by atoms with E-state index in [9.17, 15) is 13.2 Å². The largest absolute Gasteiger partial charge is 0.454 e. The second-order valence-corrected chi connectivity index (χ2v) is 9.24. The van der Waals surface area contributed by atoms with Crippen LogP contribution in [0.4, 0.5) is 5.13 Å². The van der Waals surface area contributed by atoms with Crippen molar-refractivity contribution in [3.8, 4) is 11.5 Å². The van der Waals surface area contributed by atoms with Gasteiger partial charge < -0.3 is 9.47 Å². The van der Waals surface area contributed by atoms with Gasteiger partial charge in [0.2, 0.25) is 22.7 Å². The molecule has 0 atom stereocenters. The van der Waals surface area contributed by atoms with Crippen LogP contribution in [0.15, 0.2) is 24.3 Å². The number of rotatable bonds is 4. The van der Waals surface area contributed by atoms with Crippen LogP contribution in [0.1, 0.15) is 16.1 Å². The Bertz CT molecular complexity index is 1030. The van der Waals surface area contributed by atoms with Gasteiger partial charge in [-0.1, -0.05) is 6.07 Å². The van der Waals surface area contributed by atoms with Crippen LogP contribution in [0, 0.1) is 0 Å². The van der Waals surface area contributed by atoms with E-state index < -0.39 is 10.0 Å². The minimum Gasteiger partial charge on any atom is -0.454 e. The van der Waals surface area contributed by atoms with Crippen molar-refractivity contribution in [1.82, 2.24) is 9.29 Å². The lowest BCUT2D eigenvalue weighted by molar-refractivity contribution is -0.111. The lowest BCUT2D eigenvalue weighted by Gasteiger charge is -2.23. The fourth-order valence-corrected chi connectivity index (χ4v) is 4.74. The van der Waals surface area contributed by atoms with Gasteiger partial charge in [0.1, 0.15) is 0 Å². The highest BCUT2D eigenvalue weighted by molar-refractivity contribution is 7.88. The third-order valence-corrected chi connectivity index (χ3v) is 6.47. The standard InChI is InChI=1S/C17H17N3O5S2/c1-27(22,23)20-7-6-12-15(9-20)26-17(18-12)19-16(21)5-3-11-2-4-13-14(8-11)25-10-24-13/h2-5,8H,6-7,9-10H2,1H3,(H,18,19,21). The Kier molecular flexibility index (Phi) is 4.62. The average Bonchev–Trinajstić information content (AvgIpc) is 3.23. The van der Waals surface area contributed by atoms with E-state index in [1.807, 2.05) is 6.07 Å². The molecule has 0 unspecified atom stereocenters. The molecular weight excluding hydrogens is 390 g/mol. The molecule has 142 valence electrons. The third-order valence-electron chi connectivity index (χ3n) is 4.22. The maximum absolute atomic E-state index is 12.2. The summed E-state index contributed by atoms with van der Waals surface area (Å²) in [5.74, 6) is 1.03. The van der Waals surface area contributed by atoms with E-state index in [4.69, 9.17) is 9.47 Å². The highest BCUT2D eigenvalue weighted by Gasteiger charge is 2.26. The van der Waals surface area contributed by atoms with Gasteiger partial charge >= 0.3 is 0 Å². The molecule has 8 nitrogen and oxygen atoms in total. The van der Waals surface area contributed by atoms with Crippen LogP contribution < -0.4 is 14.8 Å². The van der Waals surface area contributed by atoms with Crippen LogP contribution in [0.25, 0.3) is 6.08 Å². The molecule has 2 aliphatic rings. The first-order valence-electron chi connectivity index (χ1n) is 8.21. The maximum atomic E-state index is 12.2. The van der Waals surface area contributed by atoms with E-state index in [1.54, 1.807) is 18.2 Å². The maximum Gasteiger partial charge on any atom is 0.250 e. The number of hydrogen-bond acceptors (Lipinski definition) is 7. The summed E-state index contributed by atoms with van der Waals surface area (Å²) in [6.45, 7) is 0.913. The van der Waals surface area contributed by atoms with Crippen LogP contribution in [0.5, 0.6) is 11.5 Å². The molecule has 4 rings (SSSR count). The molecule has 0 saturated carbocycles. The Labute approximate surface area is 160 Å². The van der Waals surface area contributed by atoms with E-state index in [2.05, 4.69) is 10.3 Å². The second kappa shape index (κ2) is 6.95. The van der Waals surface area contributed by atoms with Crippen molar-refractivity contribution < 1.29 is 22.7 Å². The number of thiazole rings is 1. The van der Waals surface area contributed by atoms with E-state index in [0.717, 1.165) is 16.1 Å². The molecule has 1 N–H and O–H groups in total. The number of carbonyl (C=O) groups is 1. The smallest absolute Gasteiger partial charge is 0.250 e. The number of anilines is 1. The summed E-state index contributed by atoms with van der Waals surface area (Å²) >= 11 is 1.30. The third kappa shape index (κ3) is 3.97. The quantitative estimate of drug-likeness (QED) is 0.777. The molecule has 27 heavy (non-hydrogen) atoms. The van der Waals surface area contributed by atoms with Crippen LogP contribution in [-0.2, 0) is 27.8 Å². The Morgan fingerprint density at radius 3 is 2.96 bits per heavy atom. The van der Waals surface area contributed by atoms with E-state index in [-0.39, 0.29) is 12.7 Å². The van der Waals surface area contributed by atoms with Crippen molar-refractivity contribution >= 4 is 38.5 Å². The summed E-state index contributed by atoms with van der Waals surface area (Å²) in [6.07, 6.45) is 4.83. The van der Waals surface area contributed by atoms with E-state index in [0.29, 0.717) is 36.1 Å². The zero-order chi connectivity index (χ0) is 19.0. The van der Waals surface area contributed by atoms with Crippen molar-refractivity contribution in [3.05, 3.63) is 40.4 Å². The Hall–Kier alpha value is -2.43. The number of carbonyl (C=O) groups excluding carboxylic acids is 1. The summed E-state index contributed by atoms with van der Waals surface area (Å²) in [5.41, 5.74) is 1.66. The van der Waals surface area contributed by atoms with Gasteiger partial charge in [0.05, 0.1) is 11.9 Å². The fraction of sp³-hybridized carbons (Fsp3) is 0.294. The second-order valence-electron chi connectivity index (χ2n) is 6.17. The SMILES string of the molecule is CS(=O)(=O)N1CCc2nc(NC(=O)C=Cc3ccc4c(c3)OCO4)sc2C1.